The first-order valence-corrected chi connectivity index (χ1v) is 8.62. The summed E-state index contributed by atoms with van der Waals surface area (Å²) in [5.41, 5.74) is 4.89. The summed E-state index contributed by atoms with van der Waals surface area (Å²) < 4.78 is 5.52. The predicted molar refractivity (Wildman–Crippen MR) is 107 cm³/mol. The van der Waals surface area contributed by atoms with E-state index >= 15 is 0 Å². The number of carbonyl (C=O) groups is 1. The summed E-state index contributed by atoms with van der Waals surface area (Å²) >= 11 is 11.3. The molecular formula is C19H21ClN2O2S. The molecular weight excluding hydrogens is 356 g/mol. The molecule has 0 aliphatic heterocycles. The lowest BCUT2D eigenvalue weighted by molar-refractivity contribution is -0.121. The average Bonchev–Trinajstić information content (AvgIpc) is 2.49. The van der Waals surface area contributed by atoms with Gasteiger partial charge < -0.3 is 10.1 Å². The number of benzene rings is 2. The summed E-state index contributed by atoms with van der Waals surface area (Å²) in [7, 11) is 0. The SMILES string of the molecule is Cc1cc(C)cc(NC(=S)NC(=O)COc2cc(C)c(Cl)c(C)c2)c1. The molecule has 0 aliphatic rings. The maximum atomic E-state index is 12.0. The van der Waals surface area contributed by atoms with Crippen LogP contribution in [0.5, 0.6) is 5.75 Å². The summed E-state index contributed by atoms with van der Waals surface area (Å²) in [6.45, 7) is 7.67. The van der Waals surface area contributed by atoms with Gasteiger partial charge in [0.05, 0.1) is 0 Å². The zero-order valence-corrected chi connectivity index (χ0v) is 16.3. The number of carbonyl (C=O) groups excluding carboxylic acids is 1. The van der Waals surface area contributed by atoms with Crippen LogP contribution in [0.15, 0.2) is 30.3 Å². The molecule has 0 radical (unpaired) electrons. The van der Waals surface area contributed by atoms with Crippen LogP contribution in [0.3, 0.4) is 0 Å². The summed E-state index contributed by atoms with van der Waals surface area (Å²) in [4.78, 5) is 12.0. The normalized spacial score (nSPS) is 10.3. The van der Waals surface area contributed by atoms with E-state index in [1.165, 1.54) is 0 Å². The van der Waals surface area contributed by atoms with Crippen LogP contribution in [0.1, 0.15) is 22.3 Å². The first-order valence-electron chi connectivity index (χ1n) is 7.83. The summed E-state index contributed by atoms with van der Waals surface area (Å²) in [6.07, 6.45) is 0. The lowest BCUT2D eigenvalue weighted by Gasteiger charge is -2.12. The standard InChI is InChI=1S/C19H21ClN2O2S/c1-11-5-12(2)7-15(6-11)21-19(25)22-17(23)10-24-16-8-13(3)18(20)14(4)9-16/h5-9H,10H2,1-4H3,(H2,21,22,23,25). The average molecular weight is 377 g/mol. The fourth-order valence-electron chi connectivity index (χ4n) is 2.51. The first kappa shape index (κ1) is 19.2. The van der Waals surface area contributed by atoms with Gasteiger partial charge in [-0.25, -0.2) is 0 Å². The highest BCUT2D eigenvalue weighted by Gasteiger charge is 2.08. The van der Waals surface area contributed by atoms with Crippen LogP contribution in [0, 0.1) is 27.7 Å². The van der Waals surface area contributed by atoms with Crippen LogP contribution in [0.4, 0.5) is 5.69 Å². The number of thiocarbonyl (C=S) groups is 1. The summed E-state index contributed by atoms with van der Waals surface area (Å²) in [6, 6.07) is 9.59. The number of halogens is 1. The van der Waals surface area contributed by atoms with Gasteiger partial charge in [-0.05, 0) is 86.4 Å². The van der Waals surface area contributed by atoms with Gasteiger partial charge in [0.15, 0.2) is 11.7 Å². The van der Waals surface area contributed by atoms with Gasteiger partial charge >= 0.3 is 0 Å². The number of aryl methyl sites for hydroxylation is 4. The van der Waals surface area contributed by atoms with Crippen molar-refractivity contribution >= 4 is 40.5 Å². The van der Waals surface area contributed by atoms with Crippen molar-refractivity contribution < 1.29 is 9.53 Å². The predicted octanol–water partition coefficient (Wildman–Crippen LogP) is 4.47. The van der Waals surface area contributed by atoms with E-state index < -0.39 is 0 Å². The van der Waals surface area contributed by atoms with Gasteiger partial charge in [-0.15, -0.1) is 0 Å². The Morgan fingerprint density at radius 3 is 2.16 bits per heavy atom. The van der Waals surface area contributed by atoms with Crippen molar-refractivity contribution in [3.05, 3.63) is 57.6 Å². The van der Waals surface area contributed by atoms with Crippen LogP contribution in [-0.4, -0.2) is 17.6 Å². The third-order valence-corrected chi connectivity index (χ3v) is 4.31. The Balaban J connectivity index is 1.88. The molecule has 0 heterocycles. The van der Waals surface area contributed by atoms with Crippen molar-refractivity contribution in [1.82, 2.24) is 5.32 Å². The minimum absolute atomic E-state index is 0.130. The molecule has 6 heteroatoms. The highest BCUT2D eigenvalue weighted by molar-refractivity contribution is 7.80. The highest BCUT2D eigenvalue weighted by Crippen LogP contribution is 2.25. The Bertz CT molecular complexity index is 778. The Morgan fingerprint density at radius 2 is 1.60 bits per heavy atom. The molecule has 0 bridgehead atoms. The number of rotatable bonds is 4. The number of hydrogen-bond donors (Lipinski definition) is 2. The minimum atomic E-state index is -0.327. The molecule has 0 atom stereocenters. The van der Waals surface area contributed by atoms with E-state index in [1.54, 1.807) is 12.1 Å². The second-order valence-corrected chi connectivity index (χ2v) is 6.82. The molecule has 0 aromatic heterocycles. The van der Waals surface area contributed by atoms with Gasteiger partial charge in [0.1, 0.15) is 5.75 Å². The monoisotopic (exact) mass is 376 g/mol. The van der Waals surface area contributed by atoms with Crippen LogP contribution in [-0.2, 0) is 4.79 Å². The quantitative estimate of drug-likeness (QED) is 0.773. The molecule has 0 fully saturated rings. The lowest BCUT2D eigenvalue weighted by Crippen LogP contribution is -2.37. The molecule has 2 N–H and O–H groups in total. The maximum absolute atomic E-state index is 12.0. The van der Waals surface area contributed by atoms with E-state index in [9.17, 15) is 4.79 Å². The van der Waals surface area contributed by atoms with Crippen molar-refractivity contribution in [3.63, 3.8) is 0 Å². The molecule has 4 nitrogen and oxygen atoms in total. The molecule has 2 aromatic rings. The molecule has 0 saturated carbocycles. The summed E-state index contributed by atoms with van der Waals surface area (Å²) in [5, 5.41) is 6.56. The molecule has 1 amide bonds. The van der Waals surface area contributed by atoms with Crippen molar-refractivity contribution in [2.24, 2.45) is 0 Å². The number of anilines is 1. The second-order valence-electron chi connectivity index (χ2n) is 6.04. The molecule has 2 rings (SSSR count). The maximum Gasteiger partial charge on any atom is 0.264 e. The third-order valence-electron chi connectivity index (χ3n) is 3.51. The van der Waals surface area contributed by atoms with Gasteiger partial charge in [0, 0.05) is 10.7 Å². The van der Waals surface area contributed by atoms with Crippen molar-refractivity contribution in [2.45, 2.75) is 27.7 Å². The zero-order chi connectivity index (χ0) is 18.6. The number of ether oxygens (including phenoxy) is 1. The Hall–Kier alpha value is -2.11. The molecule has 0 unspecified atom stereocenters. The van der Waals surface area contributed by atoms with Crippen molar-refractivity contribution in [2.75, 3.05) is 11.9 Å². The van der Waals surface area contributed by atoms with Gasteiger partial charge in [-0.1, -0.05) is 17.7 Å². The Morgan fingerprint density at radius 1 is 1.04 bits per heavy atom. The smallest absolute Gasteiger partial charge is 0.264 e. The van der Waals surface area contributed by atoms with Crippen LogP contribution in [0.25, 0.3) is 0 Å². The fraction of sp³-hybridized carbons (Fsp3) is 0.263. The van der Waals surface area contributed by atoms with Gasteiger partial charge in [-0.3, -0.25) is 10.1 Å². The van der Waals surface area contributed by atoms with Crippen molar-refractivity contribution in [1.29, 1.82) is 0 Å². The van der Waals surface area contributed by atoms with E-state index in [2.05, 4.69) is 16.7 Å². The topological polar surface area (TPSA) is 50.4 Å². The number of nitrogens with one attached hydrogen (secondary N) is 2. The molecule has 2 aromatic carbocycles. The van der Waals surface area contributed by atoms with E-state index in [-0.39, 0.29) is 17.6 Å². The second kappa shape index (κ2) is 8.32. The minimum Gasteiger partial charge on any atom is -0.484 e. The fourth-order valence-corrected chi connectivity index (χ4v) is 2.85. The third kappa shape index (κ3) is 5.73. The van der Waals surface area contributed by atoms with Crippen LogP contribution < -0.4 is 15.4 Å². The van der Waals surface area contributed by atoms with Crippen molar-refractivity contribution in [3.8, 4) is 5.75 Å². The van der Waals surface area contributed by atoms with E-state index in [4.69, 9.17) is 28.6 Å². The summed E-state index contributed by atoms with van der Waals surface area (Å²) in [5.74, 6) is 0.273. The molecule has 132 valence electrons. The Kier molecular flexibility index (Phi) is 6.39. The van der Waals surface area contributed by atoms with Crippen LogP contribution in [0.2, 0.25) is 5.02 Å². The van der Waals surface area contributed by atoms with Gasteiger partial charge in [0.2, 0.25) is 0 Å². The highest BCUT2D eigenvalue weighted by atomic mass is 35.5. The van der Waals surface area contributed by atoms with Gasteiger partial charge in [-0.2, -0.15) is 0 Å². The van der Waals surface area contributed by atoms with E-state index in [0.29, 0.717) is 10.8 Å². The number of hydrogen-bond acceptors (Lipinski definition) is 3. The zero-order valence-electron chi connectivity index (χ0n) is 14.7. The lowest BCUT2D eigenvalue weighted by atomic mass is 10.1. The number of amides is 1. The van der Waals surface area contributed by atoms with Gasteiger partial charge in [0.25, 0.3) is 5.91 Å². The Labute approximate surface area is 158 Å². The van der Waals surface area contributed by atoms with Crippen LogP contribution >= 0.6 is 23.8 Å². The molecule has 0 spiro atoms. The molecule has 0 aliphatic carbocycles. The largest absolute Gasteiger partial charge is 0.484 e. The molecule has 0 saturated heterocycles. The molecule has 25 heavy (non-hydrogen) atoms. The first-order chi connectivity index (χ1) is 11.7. The van der Waals surface area contributed by atoms with E-state index in [0.717, 1.165) is 27.9 Å². The van der Waals surface area contributed by atoms with E-state index in [1.807, 2.05) is 39.8 Å².